The van der Waals surface area contributed by atoms with Gasteiger partial charge in [-0.25, -0.2) is 9.78 Å². The van der Waals surface area contributed by atoms with Gasteiger partial charge in [-0.2, -0.15) is 0 Å². The smallest absolute Gasteiger partial charge is 0.354 e. The molecule has 1 heterocycles. The van der Waals surface area contributed by atoms with E-state index in [0.29, 0.717) is 0 Å². The molecular weight excluding hydrogens is 226 g/mol. The number of aromatic nitrogens is 1. The van der Waals surface area contributed by atoms with Gasteiger partial charge < -0.3 is 5.11 Å². The topological polar surface area (TPSA) is 50.2 Å². The molecule has 0 saturated heterocycles. The number of carbonyl (C=O) groups is 1. The first-order valence-corrected chi connectivity index (χ1v) is 5.99. The van der Waals surface area contributed by atoms with Crippen molar-refractivity contribution < 1.29 is 9.90 Å². The average molecular weight is 241 g/mol. The van der Waals surface area contributed by atoms with E-state index < -0.39 is 5.97 Å². The van der Waals surface area contributed by atoms with E-state index in [1.54, 1.807) is 12.3 Å². The van der Waals surface area contributed by atoms with Gasteiger partial charge >= 0.3 is 5.97 Å². The Hall–Kier alpha value is -2.16. The minimum Gasteiger partial charge on any atom is -0.477 e. The zero-order valence-corrected chi connectivity index (χ0v) is 10.3. The molecule has 0 aliphatic rings. The first kappa shape index (κ1) is 12.3. The Bertz CT molecular complexity index is 529. The van der Waals surface area contributed by atoms with Crippen LogP contribution in [0.5, 0.6) is 0 Å². The van der Waals surface area contributed by atoms with Crippen LogP contribution in [0.25, 0.3) is 11.1 Å². The second-order valence-corrected chi connectivity index (χ2v) is 4.18. The number of benzene rings is 1. The van der Waals surface area contributed by atoms with E-state index in [4.69, 9.17) is 5.11 Å². The summed E-state index contributed by atoms with van der Waals surface area (Å²) in [5, 5.41) is 8.78. The summed E-state index contributed by atoms with van der Waals surface area (Å²) in [6.45, 7) is 2.16. The van der Waals surface area contributed by atoms with Gasteiger partial charge in [0.05, 0.1) is 0 Å². The average Bonchev–Trinajstić information content (AvgIpc) is 2.40. The molecule has 0 aliphatic heterocycles. The predicted octanol–water partition coefficient (Wildman–Crippen LogP) is 3.40. The van der Waals surface area contributed by atoms with Crippen LogP contribution < -0.4 is 0 Å². The van der Waals surface area contributed by atoms with E-state index in [1.807, 2.05) is 12.1 Å². The van der Waals surface area contributed by atoms with Crippen LogP contribution in [0, 0.1) is 0 Å². The number of rotatable bonds is 4. The molecule has 0 radical (unpaired) electrons. The van der Waals surface area contributed by atoms with Crippen LogP contribution in [-0.4, -0.2) is 16.1 Å². The lowest BCUT2D eigenvalue weighted by atomic mass is 10.0. The van der Waals surface area contributed by atoms with Crippen molar-refractivity contribution in [2.75, 3.05) is 0 Å². The third kappa shape index (κ3) is 2.74. The van der Waals surface area contributed by atoms with E-state index >= 15 is 0 Å². The highest BCUT2D eigenvalue weighted by molar-refractivity contribution is 5.85. The van der Waals surface area contributed by atoms with Crippen LogP contribution in [-0.2, 0) is 6.42 Å². The van der Waals surface area contributed by atoms with E-state index in [9.17, 15) is 4.79 Å². The van der Waals surface area contributed by atoms with Gasteiger partial charge in [-0.05, 0) is 23.6 Å². The van der Waals surface area contributed by atoms with Crippen LogP contribution >= 0.6 is 0 Å². The van der Waals surface area contributed by atoms with Crippen molar-refractivity contribution in [1.82, 2.24) is 4.98 Å². The van der Waals surface area contributed by atoms with Crippen LogP contribution in [0.3, 0.4) is 0 Å². The highest BCUT2D eigenvalue weighted by Crippen LogP contribution is 2.19. The van der Waals surface area contributed by atoms with Crippen LogP contribution in [0.2, 0.25) is 0 Å². The maximum absolute atomic E-state index is 10.7. The molecule has 92 valence electrons. The lowest BCUT2D eigenvalue weighted by Crippen LogP contribution is -1.99. The van der Waals surface area contributed by atoms with Gasteiger partial charge in [0.25, 0.3) is 0 Å². The Balaban J connectivity index is 2.23. The van der Waals surface area contributed by atoms with E-state index in [1.165, 1.54) is 11.6 Å². The van der Waals surface area contributed by atoms with Gasteiger partial charge in [0, 0.05) is 11.8 Å². The summed E-state index contributed by atoms with van der Waals surface area (Å²) in [7, 11) is 0. The fourth-order valence-corrected chi connectivity index (χ4v) is 1.84. The highest BCUT2D eigenvalue weighted by atomic mass is 16.4. The van der Waals surface area contributed by atoms with Crippen molar-refractivity contribution in [2.45, 2.75) is 19.8 Å². The summed E-state index contributed by atoms with van der Waals surface area (Å²) < 4.78 is 0. The fourth-order valence-electron chi connectivity index (χ4n) is 1.84. The quantitative estimate of drug-likeness (QED) is 0.892. The van der Waals surface area contributed by atoms with Gasteiger partial charge in [-0.1, -0.05) is 43.7 Å². The molecule has 0 spiro atoms. The number of nitrogens with zero attached hydrogens (tertiary/aromatic N) is 1. The molecule has 18 heavy (non-hydrogen) atoms. The third-order valence-electron chi connectivity index (χ3n) is 2.81. The number of hydrogen-bond acceptors (Lipinski definition) is 2. The second kappa shape index (κ2) is 5.45. The molecule has 1 aromatic heterocycles. The number of hydrogen-bond donors (Lipinski definition) is 1. The SMILES string of the molecule is CCCc1ccc(-c2ccc(C(=O)O)nc2)cc1. The second-order valence-electron chi connectivity index (χ2n) is 4.18. The molecular formula is C15H15NO2. The molecule has 3 nitrogen and oxygen atoms in total. The molecule has 0 bridgehead atoms. The number of aryl methyl sites for hydroxylation is 1. The molecule has 3 heteroatoms. The summed E-state index contributed by atoms with van der Waals surface area (Å²) in [5.41, 5.74) is 3.38. The molecule has 1 aromatic carbocycles. The minimum atomic E-state index is -1.00. The van der Waals surface area contributed by atoms with Gasteiger partial charge in [-0.15, -0.1) is 0 Å². The zero-order chi connectivity index (χ0) is 13.0. The first-order valence-electron chi connectivity index (χ1n) is 5.99. The Kier molecular flexibility index (Phi) is 3.72. The predicted molar refractivity (Wildman–Crippen MR) is 70.6 cm³/mol. The minimum absolute atomic E-state index is 0.0707. The maximum atomic E-state index is 10.7. The standard InChI is InChI=1S/C15H15NO2/c1-2-3-11-4-6-12(7-5-11)13-8-9-14(15(17)18)16-10-13/h4-10H,2-3H2,1H3,(H,17,18). The summed E-state index contributed by atoms with van der Waals surface area (Å²) in [5.74, 6) is -1.00. The van der Waals surface area contributed by atoms with Crippen molar-refractivity contribution in [3.63, 3.8) is 0 Å². The van der Waals surface area contributed by atoms with Gasteiger partial charge in [0.1, 0.15) is 5.69 Å². The summed E-state index contributed by atoms with van der Waals surface area (Å²) in [4.78, 5) is 14.6. The lowest BCUT2D eigenvalue weighted by Gasteiger charge is -2.03. The summed E-state index contributed by atoms with van der Waals surface area (Å²) in [6, 6.07) is 11.6. The molecule has 0 amide bonds. The maximum Gasteiger partial charge on any atom is 0.354 e. The Labute approximate surface area is 106 Å². The molecule has 0 fully saturated rings. The van der Waals surface area contributed by atoms with Crippen LogP contribution in [0.15, 0.2) is 42.6 Å². The van der Waals surface area contributed by atoms with E-state index in [-0.39, 0.29) is 5.69 Å². The number of pyridine rings is 1. The van der Waals surface area contributed by atoms with Gasteiger partial charge in [0.2, 0.25) is 0 Å². The molecule has 0 aliphatic carbocycles. The molecule has 2 rings (SSSR count). The summed E-state index contributed by atoms with van der Waals surface area (Å²) >= 11 is 0. The third-order valence-corrected chi connectivity index (χ3v) is 2.81. The number of carboxylic acid groups (broad SMARTS) is 1. The molecule has 2 aromatic rings. The number of carboxylic acids is 1. The molecule has 1 N–H and O–H groups in total. The Morgan fingerprint density at radius 2 is 1.78 bits per heavy atom. The largest absolute Gasteiger partial charge is 0.477 e. The Morgan fingerprint density at radius 1 is 1.11 bits per heavy atom. The van der Waals surface area contributed by atoms with Crippen molar-refractivity contribution >= 4 is 5.97 Å². The molecule has 0 atom stereocenters. The van der Waals surface area contributed by atoms with Crippen molar-refractivity contribution in [2.24, 2.45) is 0 Å². The fraction of sp³-hybridized carbons (Fsp3) is 0.200. The van der Waals surface area contributed by atoms with Crippen LogP contribution in [0.1, 0.15) is 29.4 Å². The van der Waals surface area contributed by atoms with Gasteiger partial charge in [-0.3, -0.25) is 0 Å². The van der Waals surface area contributed by atoms with E-state index in [0.717, 1.165) is 24.0 Å². The normalized spacial score (nSPS) is 10.3. The summed E-state index contributed by atoms with van der Waals surface area (Å²) in [6.07, 6.45) is 3.81. The molecule has 0 unspecified atom stereocenters. The van der Waals surface area contributed by atoms with Gasteiger partial charge in [0.15, 0.2) is 0 Å². The van der Waals surface area contributed by atoms with Crippen molar-refractivity contribution in [3.05, 3.63) is 53.9 Å². The zero-order valence-electron chi connectivity index (χ0n) is 10.3. The monoisotopic (exact) mass is 241 g/mol. The van der Waals surface area contributed by atoms with Crippen molar-refractivity contribution in [1.29, 1.82) is 0 Å². The first-order chi connectivity index (χ1) is 8.70. The number of aromatic carboxylic acids is 1. The van der Waals surface area contributed by atoms with E-state index in [2.05, 4.69) is 24.0 Å². The lowest BCUT2D eigenvalue weighted by molar-refractivity contribution is 0.0690. The van der Waals surface area contributed by atoms with Crippen LogP contribution in [0.4, 0.5) is 0 Å². The molecule has 0 saturated carbocycles. The van der Waals surface area contributed by atoms with Crippen molar-refractivity contribution in [3.8, 4) is 11.1 Å². The Morgan fingerprint density at radius 3 is 2.28 bits per heavy atom. The highest BCUT2D eigenvalue weighted by Gasteiger charge is 2.04.